The maximum absolute atomic E-state index is 12.8. The molecule has 0 amide bonds. The van der Waals surface area contributed by atoms with Crippen molar-refractivity contribution in [3.05, 3.63) is 95.7 Å². The van der Waals surface area contributed by atoms with Crippen molar-refractivity contribution in [3.63, 3.8) is 0 Å². The number of rotatable bonds is 5. The third-order valence-electron chi connectivity index (χ3n) is 5.97. The zero-order chi connectivity index (χ0) is 21.3. The molecule has 1 heterocycles. The number of nitrogens with zero attached hydrogens (tertiary/aromatic N) is 1. The number of likely N-dealkylation sites (N-methyl/N-ethyl adjacent to an activating group) is 1. The highest BCUT2D eigenvalue weighted by atomic mass is 16.1. The van der Waals surface area contributed by atoms with Gasteiger partial charge >= 0.3 is 0 Å². The van der Waals surface area contributed by atoms with E-state index in [2.05, 4.69) is 73.6 Å². The number of carbonyl (C=O) groups excluding carboxylic acids is 1. The van der Waals surface area contributed by atoms with Crippen LogP contribution >= 0.6 is 0 Å². The van der Waals surface area contributed by atoms with Crippen LogP contribution in [0.2, 0.25) is 0 Å². The number of hydrogen-bond acceptors (Lipinski definition) is 3. The molecule has 30 heavy (non-hydrogen) atoms. The van der Waals surface area contributed by atoms with Crippen molar-refractivity contribution in [2.24, 2.45) is 0 Å². The third kappa shape index (κ3) is 3.30. The largest absolute Gasteiger partial charge is 0.385 e. The van der Waals surface area contributed by atoms with Crippen LogP contribution in [-0.4, -0.2) is 19.4 Å². The molecule has 4 rings (SSSR count). The molecule has 0 unspecified atom stereocenters. The van der Waals surface area contributed by atoms with Crippen molar-refractivity contribution in [3.8, 4) is 0 Å². The molecule has 1 aliphatic heterocycles. The second kappa shape index (κ2) is 7.83. The number of nitrogens with one attached hydrogen (secondary N) is 1. The first-order valence-corrected chi connectivity index (χ1v) is 10.5. The fourth-order valence-corrected chi connectivity index (χ4v) is 4.48. The zero-order valence-corrected chi connectivity index (χ0v) is 18.1. The second-order valence-electron chi connectivity index (χ2n) is 8.22. The molecule has 152 valence electrons. The lowest BCUT2D eigenvalue weighted by molar-refractivity contribution is 0.104. The maximum Gasteiger partial charge on any atom is 0.187 e. The molecular weight excluding hydrogens is 368 g/mol. The van der Waals surface area contributed by atoms with Crippen molar-refractivity contribution in [1.82, 2.24) is 0 Å². The molecule has 0 spiro atoms. The predicted molar refractivity (Wildman–Crippen MR) is 128 cm³/mol. The molecule has 3 heteroatoms. The van der Waals surface area contributed by atoms with Crippen LogP contribution in [0.15, 0.2) is 84.6 Å². The van der Waals surface area contributed by atoms with Gasteiger partial charge in [0, 0.05) is 41.3 Å². The highest BCUT2D eigenvalue weighted by Crippen LogP contribution is 2.49. The van der Waals surface area contributed by atoms with Crippen LogP contribution in [-0.2, 0) is 5.41 Å². The number of carbonyl (C=O) groups is 1. The fraction of sp³-hybridized carbons (Fsp3) is 0.222. The van der Waals surface area contributed by atoms with Gasteiger partial charge in [-0.25, -0.2) is 0 Å². The molecule has 0 saturated heterocycles. The van der Waals surface area contributed by atoms with Gasteiger partial charge in [0.25, 0.3) is 0 Å². The van der Waals surface area contributed by atoms with Crippen LogP contribution in [0.4, 0.5) is 11.4 Å². The van der Waals surface area contributed by atoms with Crippen LogP contribution < -0.4 is 10.2 Å². The summed E-state index contributed by atoms with van der Waals surface area (Å²) in [6.45, 7) is 7.29. The number of anilines is 2. The predicted octanol–water partition coefficient (Wildman–Crippen LogP) is 6.32. The molecule has 0 saturated carbocycles. The lowest BCUT2D eigenvalue weighted by Crippen LogP contribution is -2.22. The summed E-state index contributed by atoms with van der Waals surface area (Å²) in [6.07, 6.45) is 5.61. The summed E-state index contributed by atoms with van der Waals surface area (Å²) in [4.78, 5) is 15.0. The van der Waals surface area contributed by atoms with Gasteiger partial charge in [0.05, 0.1) is 5.69 Å². The summed E-state index contributed by atoms with van der Waals surface area (Å²) >= 11 is 0. The number of fused-ring (bicyclic) bond motifs is 3. The average Bonchev–Trinajstić information content (AvgIpc) is 2.94. The Kier molecular flexibility index (Phi) is 5.21. The van der Waals surface area contributed by atoms with Crippen molar-refractivity contribution in [1.29, 1.82) is 0 Å². The van der Waals surface area contributed by atoms with E-state index in [9.17, 15) is 4.79 Å². The summed E-state index contributed by atoms with van der Waals surface area (Å²) in [5.74, 6) is 0.00446. The van der Waals surface area contributed by atoms with E-state index in [1.165, 1.54) is 27.7 Å². The van der Waals surface area contributed by atoms with Gasteiger partial charge in [0.1, 0.15) is 0 Å². The molecule has 0 fully saturated rings. The Morgan fingerprint density at radius 3 is 2.57 bits per heavy atom. The van der Waals surface area contributed by atoms with E-state index in [1.54, 1.807) is 6.08 Å². The topological polar surface area (TPSA) is 32.3 Å². The Labute approximate surface area is 178 Å². The van der Waals surface area contributed by atoms with Gasteiger partial charge in [0.2, 0.25) is 0 Å². The number of benzene rings is 3. The standard InChI is InChI=1S/C27H28N2O/c1-5-28-23-14-9-8-13-21(23)24(30)15-10-16-25-27(2,3)22-18-17-19-11-6-7-12-20(19)26(22)29(25)4/h6-18,28H,5H2,1-4H3/b15-10+,25-16-. The van der Waals surface area contributed by atoms with Gasteiger partial charge in [-0.05, 0) is 42.2 Å². The van der Waals surface area contributed by atoms with Gasteiger partial charge in [-0.2, -0.15) is 0 Å². The quantitative estimate of drug-likeness (QED) is 0.404. The Morgan fingerprint density at radius 1 is 1.03 bits per heavy atom. The Hall–Kier alpha value is -3.33. The van der Waals surface area contributed by atoms with Gasteiger partial charge in [-0.15, -0.1) is 0 Å². The van der Waals surface area contributed by atoms with Gasteiger partial charge in [-0.3, -0.25) is 4.79 Å². The SMILES string of the molecule is CCNc1ccccc1C(=O)/C=C/C=C1\N(C)c2c(ccc3ccccc23)C1(C)C. The monoisotopic (exact) mass is 396 g/mol. The van der Waals surface area contributed by atoms with Crippen molar-refractivity contribution < 1.29 is 4.79 Å². The first kappa shape index (κ1) is 20.0. The molecule has 0 atom stereocenters. The van der Waals surface area contributed by atoms with Crippen LogP contribution in [0, 0.1) is 0 Å². The third-order valence-corrected chi connectivity index (χ3v) is 5.97. The maximum atomic E-state index is 12.8. The number of allylic oxidation sites excluding steroid dienone is 4. The lowest BCUT2D eigenvalue weighted by atomic mass is 9.83. The van der Waals surface area contributed by atoms with Crippen molar-refractivity contribution in [2.45, 2.75) is 26.2 Å². The highest BCUT2D eigenvalue weighted by molar-refractivity contribution is 6.08. The molecule has 1 aliphatic rings. The summed E-state index contributed by atoms with van der Waals surface area (Å²) in [5, 5.41) is 5.76. The molecule has 0 aliphatic carbocycles. The average molecular weight is 397 g/mol. The van der Waals surface area contributed by atoms with E-state index in [4.69, 9.17) is 0 Å². The fourth-order valence-electron chi connectivity index (χ4n) is 4.48. The first-order valence-electron chi connectivity index (χ1n) is 10.5. The van der Waals surface area contributed by atoms with Crippen molar-refractivity contribution in [2.75, 3.05) is 23.8 Å². The number of hydrogen-bond donors (Lipinski definition) is 1. The normalized spacial score (nSPS) is 16.4. The van der Waals surface area contributed by atoms with E-state index in [-0.39, 0.29) is 11.2 Å². The molecule has 0 aromatic heterocycles. The lowest BCUT2D eigenvalue weighted by Gasteiger charge is -2.23. The summed E-state index contributed by atoms with van der Waals surface area (Å²) in [5.41, 5.74) is 5.18. The van der Waals surface area contributed by atoms with E-state index in [0.29, 0.717) is 5.56 Å². The Morgan fingerprint density at radius 2 is 1.77 bits per heavy atom. The smallest absolute Gasteiger partial charge is 0.187 e. The molecule has 3 aromatic carbocycles. The minimum Gasteiger partial charge on any atom is -0.385 e. The summed E-state index contributed by atoms with van der Waals surface area (Å²) < 4.78 is 0. The van der Waals surface area contributed by atoms with E-state index >= 15 is 0 Å². The Balaban J connectivity index is 1.67. The van der Waals surface area contributed by atoms with E-state index in [1.807, 2.05) is 37.3 Å². The van der Waals surface area contributed by atoms with Crippen LogP contribution in [0.3, 0.4) is 0 Å². The van der Waals surface area contributed by atoms with E-state index < -0.39 is 0 Å². The van der Waals surface area contributed by atoms with Crippen LogP contribution in [0.1, 0.15) is 36.7 Å². The van der Waals surface area contributed by atoms with E-state index in [0.717, 1.165) is 12.2 Å². The minimum absolute atomic E-state index is 0.00446. The number of ketones is 1. The van der Waals surface area contributed by atoms with Gasteiger partial charge in [-0.1, -0.05) is 68.5 Å². The molecule has 3 aromatic rings. The van der Waals surface area contributed by atoms with Gasteiger partial charge < -0.3 is 10.2 Å². The molecular formula is C27H28N2O. The molecule has 0 radical (unpaired) electrons. The Bertz CT molecular complexity index is 1170. The minimum atomic E-state index is -0.136. The molecule has 3 nitrogen and oxygen atoms in total. The number of para-hydroxylation sites is 1. The zero-order valence-electron chi connectivity index (χ0n) is 18.1. The van der Waals surface area contributed by atoms with Crippen LogP contribution in [0.25, 0.3) is 10.8 Å². The van der Waals surface area contributed by atoms with Gasteiger partial charge in [0.15, 0.2) is 5.78 Å². The summed E-state index contributed by atoms with van der Waals surface area (Å²) in [7, 11) is 2.11. The van der Waals surface area contributed by atoms with Crippen molar-refractivity contribution >= 4 is 27.9 Å². The second-order valence-corrected chi connectivity index (χ2v) is 8.22. The first-order chi connectivity index (χ1) is 14.4. The molecule has 1 N–H and O–H groups in total. The highest BCUT2D eigenvalue weighted by Gasteiger charge is 2.38. The molecule has 0 bridgehead atoms. The summed E-state index contributed by atoms with van der Waals surface area (Å²) in [6, 6.07) is 20.6. The van der Waals surface area contributed by atoms with Crippen LogP contribution in [0.5, 0.6) is 0 Å².